The van der Waals surface area contributed by atoms with Gasteiger partial charge in [-0.2, -0.15) is 0 Å². The van der Waals surface area contributed by atoms with Crippen LogP contribution >= 0.6 is 0 Å². The van der Waals surface area contributed by atoms with E-state index in [2.05, 4.69) is 41.6 Å². The number of aryl methyl sites for hydroxylation is 2. The number of rotatable bonds is 8. The molecular weight excluding hydrogens is 373 g/mol. The minimum atomic E-state index is -0.766. The molecule has 0 spiro atoms. The number of hydrogen-bond donors (Lipinski definition) is 1. The van der Waals surface area contributed by atoms with E-state index in [0.29, 0.717) is 17.9 Å². The monoisotopic (exact) mass is 397 g/mol. The Balaban J connectivity index is 1.81. The quantitative estimate of drug-likeness (QED) is 0.591. The topological polar surface area (TPSA) is 77.3 Å². The third-order valence-electron chi connectivity index (χ3n) is 4.70. The molecule has 0 fully saturated rings. The second kappa shape index (κ2) is 9.32. The Morgan fingerprint density at radius 3 is 2.52 bits per heavy atom. The summed E-state index contributed by atoms with van der Waals surface area (Å²) in [6.07, 6.45) is 1.35. The van der Waals surface area contributed by atoms with Gasteiger partial charge in [-0.05, 0) is 71.0 Å². The Morgan fingerprint density at radius 1 is 1.10 bits per heavy atom. The average Bonchev–Trinajstić information content (AvgIpc) is 3.20. The van der Waals surface area contributed by atoms with E-state index in [-0.39, 0.29) is 17.5 Å². The van der Waals surface area contributed by atoms with Gasteiger partial charge in [0.25, 0.3) is 5.91 Å². The number of nitrogens with one attached hydrogen (secondary N) is 1. The summed E-state index contributed by atoms with van der Waals surface area (Å²) in [4.78, 5) is 12.8. The highest BCUT2D eigenvalue weighted by molar-refractivity contribution is 5.96. The number of hydrogen-bond acceptors (Lipinski definition) is 5. The molecule has 1 atom stereocenters. The van der Waals surface area contributed by atoms with Gasteiger partial charge in [0, 0.05) is 5.56 Å². The Kier molecular flexibility index (Phi) is 6.59. The summed E-state index contributed by atoms with van der Waals surface area (Å²) >= 11 is 0. The van der Waals surface area contributed by atoms with Gasteiger partial charge in [-0.25, -0.2) is 9.02 Å². The zero-order chi connectivity index (χ0) is 20.8. The zero-order valence-corrected chi connectivity index (χ0v) is 16.7. The molecule has 0 aliphatic carbocycles. The molecule has 0 saturated carbocycles. The standard InChI is InChI=1S/C22H24FN3O3/c1-4-14-7-8-15(5-2)18(13-14)20-21(26-29-25-20)24-22(27)19(6-3)28-17-11-9-16(23)10-12-17/h7-13,19H,4-6H2,1-3H3,(H,24,26,27). The summed E-state index contributed by atoms with van der Waals surface area (Å²) in [5.74, 6) is -0.0809. The Morgan fingerprint density at radius 2 is 1.86 bits per heavy atom. The van der Waals surface area contributed by atoms with Crippen LogP contribution in [-0.4, -0.2) is 22.3 Å². The number of benzene rings is 2. The summed E-state index contributed by atoms with van der Waals surface area (Å²) in [6.45, 7) is 5.96. The second-order valence-corrected chi connectivity index (χ2v) is 6.62. The molecule has 1 aromatic heterocycles. The predicted octanol–water partition coefficient (Wildman–Crippen LogP) is 4.80. The van der Waals surface area contributed by atoms with Crippen molar-refractivity contribution >= 4 is 11.7 Å². The second-order valence-electron chi connectivity index (χ2n) is 6.62. The number of carbonyl (C=O) groups is 1. The Hall–Kier alpha value is -3.22. The van der Waals surface area contributed by atoms with Crippen LogP contribution in [0.1, 0.15) is 38.3 Å². The normalized spacial score (nSPS) is 11.9. The van der Waals surface area contributed by atoms with Crippen molar-refractivity contribution in [2.75, 3.05) is 5.32 Å². The SMILES string of the molecule is CCc1ccc(CC)c(-c2nonc2NC(=O)C(CC)Oc2ccc(F)cc2)c1. The largest absolute Gasteiger partial charge is 0.481 e. The maximum atomic E-state index is 13.1. The molecule has 1 N–H and O–H groups in total. The minimum Gasteiger partial charge on any atom is -0.481 e. The fraction of sp³-hybridized carbons (Fsp3) is 0.318. The molecular formula is C22H24FN3O3. The molecule has 0 aliphatic rings. The smallest absolute Gasteiger partial charge is 0.266 e. The molecule has 0 bridgehead atoms. The number of nitrogens with zero attached hydrogens (tertiary/aromatic N) is 2. The molecule has 0 radical (unpaired) electrons. The first kappa shape index (κ1) is 20.5. The minimum absolute atomic E-state index is 0.249. The van der Waals surface area contributed by atoms with E-state index in [1.54, 1.807) is 0 Å². The summed E-state index contributed by atoms with van der Waals surface area (Å²) < 4.78 is 23.7. The lowest BCUT2D eigenvalue weighted by Gasteiger charge is -2.17. The molecule has 3 rings (SSSR count). The third-order valence-corrected chi connectivity index (χ3v) is 4.70. The van der Waals surface area contributed by atoms with Gasteiger partial charge in [-0.1, -0.05) is 32.9 Å². The van der Waals surface area contributed by atoms with Gasteiger partial charge < -0.3 is 10.1 Å². The van der Waals surface area contributed by atoms with Crippen LogP contribution in [0.3, 0.4) is 0 Å². The first-order chi connectivity index (χ1) is 14.0. The van der Waals surface area contributed by atoms with E-state index in [1.807, 2.05) is 13.0 Å². The molecule has 152 valence electrons. The van der Waals surface area contributed by atoms with Gasteiger partial charge in [-0.15, -0.1) is 0 Å². The maximum Gasteiger partial charge on any atom is 0.266 e. The van der Waals surface area contributed by atoms with Crippen molar-refractivity contribution in [2.45, 2.75) is 46.1 Å². The van der Waals surface area contributed by atoms with Gasteiger partial charge in [-0.3, -0.25) is 4.79 Å². The Labute approximate surface area is 169 Å². The van der Waals surface area contributed by atoms with E-state index in [0.717, 1.165) is 29.5 Å². The lowest BCUT2D eigenvalue weighted by molar-refractivity contribution is -0.122. The lowest BCUT2D eigenvalue weighted by atomic mass is 9.98. The molecule has 1 unspecified atom stereocenters. The fourth-order valence-corrected chi connectivity index (χ4v) is 3.02. The van der Waals surface area contributed by atoms with E-state index in [9.17, 15) is 9.18 Å². The van der Waals surface area contributed by atoms with Crippen LogP contribution in [0.15, 0.2) is 47.1 Å². The van der Waals surface area contributed by atoms with E-state index >= 15 is 0 Å². The molecule has 1 amide bonds. The first-order valence-electron chi connectivity index (χ1n) is 9.73. The van der Waals surface area contributed by atoms with Gasteiger partial charge >= 0.3 is 0 Å². The van der Waals surface area contributed by atoms with Crippen LogP contribution in [0.2, 0.25) is 0 Å². The van der Waals surface area contributed by atoms with Crippen LogP contribution in [0.5, 0.6) is 5.75 Å². The van der Waals surface area contributed by atoms with Gasteiger partial charge in [0.2, 0.25) is 5.82 Å². The van der Waals surface area contributed by atoms with E-state index in [1.165, 1.54) is 24.3 Å². The third kappa shape index (κ3) is 4.80. The van der Waals surface area contributed by atoms with Crippen molar-refractivity contribution in [3.05, 3.63) is 59.4 Å². The summed E-state index contributed by atoms with van der Waals surface area (Å²) in [6, 6.07) is 11.7. The molecule has 6 nitrogen and oxygen atoms in total. The fourth-order valence-electron chi connectivity index (χ4n) is 3.02. The van der Waals surface area contributed by atoms with Crippen molar-refractivity contribution in [2.24, 2.45) is 0 Å². The lowest BCUT2D eigenvalue weighted by Crippen LogP contribution is -2.32. The number of aromatic nitrogens is 2. The highest BCUT2D eigenvalue weighted by Crippen LogP contribution is 2.30. The van der Waals surface area contributed by atoms with Crippen molar-refractivity contribution in [3.8, 4) is 17.0 Å². The number of halogens is 1. The number of anilines is 1. The number of ether oxygens (including phenoxy) is 1. The summed E-state index contributed by atoms with van der Waals surface area (Å²) in [5.41, 5.74) is 3.62. The van der Waals surface area contributed by atoms with Gasteiger partial charge in [0.1, 0.15) is 11.6 Å². The van der Waals surface area contributed by atoms with Crippen LogP contribution < -0.4 is 10.1 Å². The molecule has 2 aromatic carbocycles. The summed E-state index contributed by atoms with van der Waals surface area (Å²) in [5, 5.41) is 10.6. The van der Waals surface area contributed by atoms with Crippen LogP contribution in [-0.2, 0) is 17.6 Å². The first-order valence-corrected chi connectivity index (χ1v) is 9.73. The molecule has 1 heterocycles. The van der Waals surface area contributed by atoms with Crippen molar-refractivity contribution < 1.29 is 18.6 Å². The van der Waals surface area contributed by atoms with Crippen LogP contribution in [0.25, 0.3) is 11.3 Å². The number of amides is 1. The van der Waals surface area contributed by atoms with Crippen molar-refractivity contribution in [1.82, 2.24) is 10.3 Å². The zero-order valence-electron chi connectivity index (χ0n) is 16.7. The molecule has 0 aliphatic heterocycles. The van der Waals surface area contributed by atoms with Crippen molar-refractivity contribution in [1.29, 1.82) is 0 Å². The number of carbonyl (C=O) groups excluding carboxylic acids is 1. The molecule has 29 heavy (non-hydrogen) atoms. The van der Waals surface area contributed by atoms with Gasteiger partial charge in [0.15, 0.2) is 11.8 Å². The highest BCUT2D eigenvalue weighted by atomic mass is 19.1. The summed E-state index contributed by atoms with van der Waals surface area (Å²) in [7, 11) is 0. The van der Waals surface area contributed by atoms with Crippen LogP contribution in [0.4, 0.5) is 10.2 Å². The Bertz CT molecular complexity index is 970. The van der Waals surface area contributed by atoms with E-state index < -0.39 is 6.10 Å². The van der Waals surface area contributed by atoms with E-state index in [4.69, 9.17) is 9.37 Å². The maximum absolute atomic E-state index is 13.1. The average molecular weight is 397 g/mol. The molecule has 3 aromatic rings. The van der Waals surface area contributed by atoms with Crippen LogP contribution in [0, 0.1) is 5.82 Å². The van der Waals surface area contributed by atoms with Gasteiger partial charge in [0.05, 0.1) is 0 Å². The molecule has 0 saturated heterocycles. The predicted molar refractivity (Wildman–Crippen MR) is 108 cm³/mol. The highest BCUT2D eigenvalue weighted by Gasteiger charge is 2.23. The van der Waals surface area contributed by atoms with Crippen molar-refractivity contribution in [3.63, 3.8) is 0 Å². The molecule has 7 heteroatoms.